The molecule has 1 saturated carbocycles. The molecule has 1 aromatic carbocycles. The Balaban J connectivity index is 1.24. The highest BCUT2D eigenvalue weighted by molar-refractivity contribution is 7.09. The van der Waals surface area contributed by atoms with Crippen LogP contribution < -0.4 is 21.4 Å². The zero-order chi connectivity index (χ0) is 38.1. The number of carbonyl (C=O) groups is 6. The van der Waals surface area contributed by atoms with E-state index in [-0.39, 0.29) is 44.3 Å². The van der Waals surface area contributed by atoms with E-state index < -0.39 is 64.5 Å². The monoisotopic (exact) mass is 766 g/mol. The van der Waals surface area contributed by atoms with Gasteiger partial charge in [0.25, 0.3) is 5.91 Å². The summed E-state index contributed by atoms with van der Waals surface area (Å²) in [4.78, 5) is 91.7. The standard InChI is InChI=1S/C38H47ClN6O7S/c1-5-8-27(31(47)35(50)40-25-12-13-25)41-34(49)29-18-38(17-28(43-52-38)22-9-6-10-24(39)15-22)21-45(29)36(51)32(37(2,3)4)42-33(48)23-16-30(46)44(19-23)20-26-11-7-14-53-26/h6-7,9-11,14-15,17,23,25,27,29,32,43H,5,8,12-13,16,18-21H2,1-4H3,(H,40,50)(H,41,49)(H,42,48)/t23?,27-,29-,32+,38+/m0/s1. The van der Waals surface area contributed by atoms with E-state index in [0.717, 1.165) is 23.3 Å². The molecule has 0 bridgehead atoms. The van der Waals surface area contributed by atoms with E-state index in [0.29, 0.717) is 23.7 Å². The van der Waals surface area contributed by atoms with Crippen LogP contribution >= 0.6 is 22.9 Å². The Morgan fingerprint density at radius 3 is 2.53 bits per heavy atom. The molecule has 3 fully saturated rings. The number of thiophene rings is 1. The van der Waals surface area contributed by atoms with Crippen molar-refractivity contribution in [2.45, 2.75) is 103 Å². The van der Waals surface area contributed by atoms with Crippen LogP contribution in [0.15, 0.2) is 47.9 Å². The van der Waals surface area contributed by atoms with E-state index in [1.165, 1.54) is 16.2 Å². The molecule has 4 N–H and O–H groups in total. The molecule has 5 atom stereocenters. The molecule has 13 nitrogen and oxygen atoms in total. The summed E-state index contributed by atoms with van der Waals surface area (Å²) in [7, 11) is 0. The van der Waals surface area contributed by atoms with Crippen molar-refractivity contribution < 1.29 is 33.6 Å². The van der Waals surface area contributed by atoms with Gasteiger partial charge in [-0.1, -0.05) is 63.9 Å². The summed E-state index contributed by atoms with van der Waals surface area (Å²) < 4.78 is 0. The lowest BCUT2D eigenvalue weighted by Gasteiger charge is -2.36. The molecule has 53 heavy (non-hydrogen) atoms. The Bertz CT molecular complexity index is 1790. The summed E-state index contributed by atoms with van der Waals surface area (Å²) in [5.41, 5.74) is 2.35. The molecule has 6 rings (SSSR count). The average molecular weight is 767 g/mol. The van der Waals surface area contributed by atoms with Gasteiger partial charge in [-0.05, 0) is 54.3 Å². The maximum atomic E-state index is 14.7. The quantitative estimate of drug-likeness (QED) is 0.226. The predicted molar refractivity (Wildman–Crippen MR) is 199 cm³/mol. The number of amides is 5. The molecule has 4 heterocycles. The maximum absolute atomic E-state index is 14.7. The number of Topliss-reactive ketones (excluding diaryl/α,β-unsaturated/α-hetero) is 1. The van der Waals surface area contributed by atoms with E-state index in [9.17, 15) is 28.8 Å². The molecule has 15 heteroatoms. The molecule has 1 aliphatic carbocycles. The average Bonchev–Trinajstić information content (AvgIpc) is 3.46. The van der Waals surface area contributed by atoms with Crippen molar-refractivity contribution in [1.29, 1.82) is 0 Å². The van der Waals surface area contributed by atoms with Crippen molar-refractivity contribution in [2.75, 3.05) is 13.1 Å². The molecular formula is C38H47ClN6O7S. The van der Waals surface area contributed by atoms with Gasteiger partial charge in [-0.3, -0.25) is 39.1 Å². The first-order chi connectivity index (χ1) is 25.2. The van der Waals surface area contributed by atoms with Crippen LogP contribution in [0.4, 0.5) is 0 Å². The zero-order valence-electron chi connectivity index (χ0n) is 30.4. The van der Waals surface area contributed by atoms with Gasteiger partial charge in [-0.25, -0.2) is 0 Å². The summed E-state index contributed by atoms with van der Waals surface area (Å²) in [6.45, 7) is 7.90. The van der Waals surface area contributed by atoms with Crippen LogP contribution in [0, 0.1) is 11.3 Å². The van der Waals surface area contributed by atoms with Crippen molar-refractivity contribution in [3.05, 3.63) is 63.3 Å². The van der Waals surface area contributed by atoms with Crippen LogP contribution in [0.3, 0.4) is 0 Å². The number of likely N-dealkylation sites (tertiary alicyclic amines) is 2. The Hall–Kier alpha value is -4.27. The first kappa shape index (κ1) is 38.5. The van der Waals surface area contributed by atoms with Crippen LogP contribution in [-0.4, -0.2) is 88.0 Å². The topological polar surface area (TPSA) is 166 Å². The van der Waals surface area contributed by atoms with Gasteiger partial charge in [0.2, 0.25) is 29.4 Å². The number of benzene rings is 1. The van der Waals surface area contributed by atoms with Crippen LogP contribution in [0.1, 0.15) is 76.7 Å². The van der Waals surface area contributed by atoms with E-state index in [1.807, 2.05) is 57.4 Å². The van der Waals surface area contributed by atoms with Crippen molar-refractivity contribution in [1.82, 2.24) is 31.2 Å². The van der Waals surface area contributed by atoms with Crippen LogP contribution in [0.2, 0.25) is 5.02 Å². The maximum Gasteiger partial charge on any atom is 0.289 e. The first-order valence-electron chi connectivity index (χ1n) is 18.2. The number of carbonyl (C=O) groups excluding carboxylic acids is 6. The molecule has 4 aliphatic rings. The summed E-state index contributed by atoms with van der Waals surface area (Å²) in [5.74, 6) is -3.82. The third-order valence-electron chi connectivity index (χ3n) is 10.1. The van der Waals surface area contributed by atoms with Crippen molar-refractivity contribution in [3.8, 4) is 0 Å². The van der Waals surface area contributed by atoms with Gasteiger partial charge in [0.15, 0.2) is 0 Å². The predicted octanol–water partition coefficient (Wildman–Crippen LogP) is 3.33. The molecule has 2 aromatic rings. The zero-order valence-corrected chi connectivity index (χ0v) is 32.0. The molecule has 2 saturated heterocycles. The number of halogens is 1. The number of nitrogens with zero attached hydrogens (tertiary/aromatic N) is 2. The number of ketones is 1. The highest BCUT2D eigenvalue weighted by Gasteiger charge is 2.54. The number of hydroxylamine groups is 1. The van der Waals surface area contributed by atoms with E-state index in [1.54, 1.807) is 23.1 Å². The van der Waals surface area contributed by atoms with Crippen LogP contribution in [0.5, 0.6) is 0 Å². The van der Waals surface area contributed by atoms with Gasteiger partial charge in [0.05, 0.1) is 30.7 Å². The third kappa shape index (κ3) is 8.93. The van der Waals surface area contributed by atoms with Gasteiger partial charge in [0.1, 0.15) is 17.7 Å². The highest BCUT2D eigenvalue weighted by Crippen LogP contribution is 2.39. The second kappa shape index (κ2) is 15.6. The summed E-state index contributed by atoms with van der Waals surface area (Å²) in [6, 6.07) is 7.69. The smallest absolute Gasteiger partial charge is 0.289 e. The minimum Gasteiger partial charge on any atom is -0.347 e. The lowest BCUT2D eigenvalue weighted by atomic mass is 9.85. The molecule has 284 valence electrons. The minimum absolute atomic E-state index is 0.0257. The second-order valence-corrected chi connectivity index (χ2v) is 17.0. The molecule has 3 aliphatic heterocycles. The molecule has 1 spiro atoms. The number of rotatable bonds is 13. The van der Waals surface area contributed by atoms with Crippen LogP contribution in [-0.2, 0) is 40.1 Å². The third-order valence-corrected chi connectivity index (χ3v) is 11.2. The SMILES string of the molecule is CCC[C@H](NC(=O)[C@@H]1C[C@]2(C=C(c3cccc(Cl)c3)NO2)CN1C(=O)[C@@H](NC(=O)C1CC(=O)N(Cc2cccs2)C1)C(C)(C)C)C(=O)C(=O)NC1CC1. The second-order valence-electron chi connectivity index (χ2n) is 15.5. The normalized spacial score (nSPS) is 23.7. The van der Waals surface area contributed by atoms with Crippen molar-refractivity contribution in [3.63, 3.8) is 0 Å². The molecule has 0 radical (unpaired) electrons. The van der Waals surface area contributed by atoms with Gasteiger partial charge in [-0.15, -0.1) is 11.3 Å². The molecule has 1 aromatic heterocycles. The first-order valence-corrected chi connectivity index (χ1v) is 19.4. The lowest BCUT2D eigenvalue weighted by Crippen LogP contribution is -2.59. The largest absolute Gasteiger partial charge is 0.347 e. The Labute approximate surface area is 318 Å². The van der Waals surface area contributed by atoms with Gasteiger partial charge in [-0.2, -0.15) is 0 Å². The van der Waals surface area contributed by atoms with Gasteiger partial charge >= 0.3 is 0 Å². The van der Waals surface area contributed by atoms with E-state index >= 15 is 0 Å². The number of hydrogen-bond acceptors (Lipinski definition) is 9. The van der Waals surface area contributed by atoms with E-state index in [4.69, 9.17) is 16.4 Å². The summed E-state index contributed by atoms with van der Waals surface area (Å²) in [6.07, 6.45) is 4.24. The van der Waals surface area contributed by atoms with Crippen LogP contribution in [0.25, 0.3) is 5.70 Å². The fourth-order valence-corrected chi connectivity index (χ4v) is 7.97. The Kier molecular flexibility index (Phi) is 11.3. The van der Waals surface area contributed by atoms with Crippen molar-refractivity contribution in [2.24, 2.45) is 11.3 Å². The molecule has 5 amide bonds. The number of nitrogens with one attached hydrogen (secondary N) is 4. The fraction of sp³-hybridized carbons (Fsp3) is 0.526. The minimum atomic E-state index is -1.14. The van der Waals surface area contributed by atoms with Crippen molar-refractivity contribution >= 4 is 64.0 Å². The molecule has 1 unspecified atom stereocenters. The molecular weight excluding hydrogens is 720 g/mol. The van der Waals surface area contributed by atoms with Gasteiger partial charge in [0, 0.05) is 40.9 Å². The lowest BCUT2D eigenvalue weighted by molar-refractivity contribution is -0.145. The number of hydrogen-bond donors (Lipinski definition) is 4. The highest BCUT2D eigenvalue weighted by atomic mass is 35.5. The summed E-state index contributed by atoms with van der Waals surface area (Å²) >= 11 is 7.79. The van der Waals surface area contributed by atoms with Gasteiger partial charge < -0.3 is 25.8 Å². The van der Waals surface area contributed by atoms with E-state index in [2.05, 4.69) is 21.4 Å². The fourth-order valence-electron chi connectivity index (χ4n) is 7.06. The Morgan fingerprint density at radius 1 is 1.09 bits per heavy atom. The summed E-state index contributed by atoms with van der Waals surface area (Å²) in [5, 5.41) is 10.9. The Morgan fingerprint density at radius 2 is 1.87 bits per heavy atom.